The van der Waals surface area contributed by atoms with E-state index in [-0.39, 0.29) is 18.9 Å². The van der Waals surface area contributed by atoms with Gasteiger partial charge in [-0.25, -0.2) is 4.79 Å². The quantitative estimate of drug-likeness (QED) is 0.685. The minimum Gasteiger partial charge on any atom is -0.508 e. The molecule has 4 nitrogen and oxygen atoms in total. The second-order valence-electron chi connectivity index (χ2n) is 5.52. The summed E-state index contributed by atoms with van der Waals surface area (Å²) in [5.74, 6) is 0.125. The SMILES string of the molecule is CCOC(=O)N(Cc1c(O)ccc2ccccc12)c1ccccc1Cl. The highest BCUT2D eigenvalue weighted by atomic mass is 35.5. The third kappa shape index (κ3) is 3.54. The van der Waals surface area contributed by atoms with Crippen molar-refractivity contribution in [2.45, 2.75) is 13.5 Å². The number of carbonyl (C=O) groups excluding carboxylic acids is 1. The number of hydrogen-bond acceptors (Lipinski definition) is 3. The lowest BCUT2D eigenvalue weighted by Crippen LogP contribution is -2.31. The minimum absolute atomic E-state index is 0.125. The Morgan fingerprint density at radius 3 is 2.56 bits per heavy atom. The largest absolute Gasteiger partial charge is 0.508 e. The van der Waals surface area contributed by atoms with E-state index in [1.54, 1.807) is 37.3 Å². The molecule has 25 heavy (non-hydrogen) atoms. The number of ether oxygens (including phenoxy) is 1. The summed E-state index contributed by atoms with van der Waals surface area (Å²) in [4.78, 5) is 13.9. The molecule has 1 amide bonds. The van der Waals surface area contributed by atoms with Crippen LogP contribution in [-0.4, -0.2) is 17.8 Å². The zero-order valence-electron chi connectivity index (χ0n) is 13.8. The number of phenolic OH excluding ortho intramolecular Hbond substituents is 1. The van der Waals surface area contributed by atoms with E-state index in [1.807, 2.05) is 30.3 Å². The molecule has 3 rings (SSSR count). The van der Waals surface area contributed by atoms with Crippen LogP contribution < -0.4 is 4.90 Å². The van der Waals surface area contributed by atoms with Crippen LogP contribution in [0.5, 0.6) is 5.75 Å². The number of phenols is 1. The van der Waals surface area contributed by atoms with Crippen molar-refractivity contribution in [3.8, 4) is 5.75 Å². The van der Waals surface area contributed by atoms with Crippen molar-refractivity contribution in [2.75, 3.05) is 11.5 Å². The maximum atomic E-state index is 12.5. The Morgan fingerprint density at radius 1 is 1.08 bits per heavy atom. The van der Waals surface area contributed by atoms with Crippen LogP contribution in [0.2, 0.25) is 5.02 Å². The van der Waals surface area contributed by atoms with Gasteiger partial charge in [-0.05, 0) is 35.9 Å². The van der Waals surface area contributed by atoms with Gasteiger partial charge in [0.15, 0.2) is 0 Å². The number of para-hydroxylation sites is 1. The molecule has 0 saturated heterocycles. The fourth-order valence-electron chi connectivity index (χ4n) is 2.77. The predicted molar refractivity (Wildman–Crippen MR) is 100 cm³/mol. The van der Waals surface area contributed by atoms with Gasteiger partial charge in [0.05, 0.1) is 23.9 Å². The van der Waals surface area contributed by atoms with Crippen molar-refractivity contribution in [2.24, 2.45) is 0 Å². The average molecular weight is 356 g/mol. The Kier molecular flexibility index (Phi) is 5.10. The van der Waals surface area contributed by atoms with Crippen molar-refractivity contribution in [3.63, 3.8) is 0 Å². The molecule has 5 heteroatoms. The van der Waals surface area contributed by atoms with Crippen molar-refractivity contribution in [1.29, 1.82) is 0 Å². The second-order valence-corrected chi connectivity index (χ2v) is 5.93. The lowest BCUT2D eigenvalue weighted by Gasteiger charge is -2.24. The number of benzene rings is 3. The van der Waals surface area contributed by atoms with Crippen LogP contribution in [0.15, 0.2) is 60.7 Å². The zero-order valence-corrected chi connectivity index (χ0v) is 14.5. The van der Waals surface area contributed by atoms with E-state index >= 15 is 0 Å². The predicted octanol–water partition coefficient (Wildman–Crippen LogP) is 5.36. The maximum Gasteiger partial charge on any atom is 0.414 e. The Labute approximate surface area is 151 Å². The lowest BCUT2D eigenvalue weighted by atomic mass is 10.0. The van der Waals surface area contributed by atoms with E-state index in [4.69, 9.17) is 16.3 Å². The molecule has 0 unspecified atom stereocenters. The maximum absolute atomic E-state index is 12.5. The summed E-state index contributed by atoms with van der Waals surface area (Å²) in [7, 11) is 0. The fraction of sp³-hybridized carbons (Fsp3) is 0.150. The summed E-state index contributed by atoms with van der Waals surface area (Å²) in [5, 5.41) is 12.7. The molecule has 0 aliphatic heterocycles. The van der Waals surface area contributed by atoms with E-state index in [9.17, 15) is 9.90 Å². The van der Waals surface area contributed by atoms with Gasteiger partial charge in [0.1, 0.15) is 5.75 Å². The van der Waals surface area contributed by atoms with Crippen LogP contribution in [0.1, 0.15) is 12.5 Å². The average Bonchev–Trinajstić information content (AvgIpc) is 2.62. The van der Waals surface area contributed by atoms with E-state index in [2.05, 4.69) is 0 Å². The summed E-state index contributed by atoms with van der Waals surface area (Å²) in [6.45, 7) is 2.15. The number of halogens is 1. The van der Waals surface area contributed by atoms with E-state index in [1.165, 1.54) is 4.90 Å². The van der Waals surface area contributed by atoms with E-state index in [0.29, 0.717) is 16.3 Å². The van der Waals surface area contributed by atoms with Crippen molar-refractivity contribution >= 4 is 34.2 Å². The zero-order chi connectivity index (χ0) is 17.8. The molecule has 0 aliphatic carbocycles. The lowest BCUT2D eigenvalue weighted by molar-refractivity contribution is 0.159. The number of aromatic hydroxyl groups is 1. The van der Waals surface area contributed by atoms with Crippen LogP contribution >= 0.6 is 11.6 Å². The minimum atomic E-state index is -0.511. The summed E-state index contributed by atoms with van der Waals surface area (Å²) in [6, 6.07) is 18.2. The van der Waals surface area contributed by atoms with Crippen molar-refractivity contribution in [1.82, 2.24) is 0 Å². The molecule has 3 aromatic carbocycles. The third-order valence-electron chi connectivity index (χ3n) is 3.96. The van der Waals surface area contributed by atoms with Crippen LogP contribution in [0.3, 0.4) is 0 Å². The summed E-state index contributed by atoms with van der Waals surface area (Å²) in [6.07, 6.45) is -0.511. The van der Waals surface area contributed by atoms with Gasteiger partial charge in [-0.15, -0.1) is 0 Å². The van der Waals surface area contributed by atoms with Gasteiger partial charge in [-0.3, -0.25) is 4.90 Å². The number of hydrogen-bond donors (Lipinski definition) is 1. The molecule has 0 aliphatic rings. The van der Waals surface area contributed by atoms with Crippen LogP contribution in [0, 0.1) is 0 Å². The molecule has 0 atom stereocenters. The molecule has 1 N–H and O–H groups in total. The van der Waals surface area contributed by atoms with Crippen LogP contribution in [0.4, 0.5) is 10.5 Å². The third-order valence-corrected chi connectivity index (χ3v) is 4.28. The highest BCUT2D eigenvalue weighted by Gasteiger charge is 2.22. The number of rotatable bonds is 4. The Morgan fingerprint density at radius 2 is 1.80 bits per heavy atom. The molecule has 0 radical (unpaired) electrons. The Balaban J connectivity index is 2.09. The molecular weight excluding hydrogens is 338 g/mol. The molecule has 0 saturated carbocycles. The normalized spacial score (nSPS) is 10.6. The summed E-state index contributed by atoms with van der Waals surface area (Å²) < 4.78 is 5.18. The second kappa shape index (κ2) is 7.45. The first-order valence-electron chi connectivity index (χ1n) is 8.00. The molecular formula is C20H18ClNO3. The topological polar surface area (TPSA) is 49.8 Å². The summed E-state index contributed by atoms with van der Waals surface area (Å²) in [5.41, 5.74) is 1.18. The monoisotopic (exact) mass is 355 g/mol. The first-order valence-corrected chi connectivity index (χ1v) is 8.38. The van der Waals surface area contributed by atoms with Gasteiger partial charge in [0, 0.05) is 5.56 Å². The highest BCUT2D eigenvalue weighted by molar-refractivity contribution is 6.33. The molecule has 3 aromatic rings. The number of fused-ring (bicyclic) bond motifs is 1. The fourth-order valence-corrected chi connectivity index (χ4v) is 3.01. The standard InChI is InChI=1S/C20H18ClNO3/c1-2-25-20(24)22(18-10-6-5-9-17(18)21)13-16-15-8-4-3-7-14(15)11-12-19(16)23/h3-12,23H,2,13H2,1H3. The summed E-state index contributed by atoms with van der Waals surface area (Å²) >= 11 is 6.28. The number of amides is 1. The van der Waals surface area contributed by atoms with Gasteiger partial charge < -0.3 is 9.84 Å². The number of nitrogens with zero attached hydrogens (tertiary/aromatic N) is 1. The molecule has 0 fully saturated rings. The van der Waals surface area contributed by atoms with Crippen molar-refractivity contribution in [3.05, 3.63) is 71.2 Å². The van der Waals surface area contributed by atoms with E-state index in [0.717, 1.165) is 10.8 Å². The smallest absolute Gasteiger partial charge is 0.414 e. The Bertz CT molecular complexity index is 910. The first-order chi connectivity index (χ1) is 12.1. The van der Waals surface area contributed by atoms with Gasteiger partial charge in [0.25, 0.3) is 0 Å². The number of anilines is 1. The van der Waals surface area contributed by atoms with E-state index < -0.39 is 6.09 Å². The van der Waals surface area contributed by atoms with Gasteiger partial charge >= 0.3 is 6.09 Å². The highest BCUT2D eigenvalue weighted by Crippen LogP contribution is 2.32. The number of carbonyl (C=O) groups is 1. The Hall–Kier alpha value is -2.72. The molecule has 0 spiro atoms. The van der Waals surface area contributed by atoms with Crippen LogP contribution in [-0.2, 0) is 11.3 Å². The molecule has 0 aromatic heterocycles. The van der Waals surface area contributed by atoms with Crippen LogP contribution in [0.25, 0.3) is 10.8 Å². The van der Waals surface area contributed by atoms with Gasteiger partial charge in [0.2, 0.25) is 0 Å². The van der Waals surface area contributed by atoms with Gasteiger partial charge in [-0.2, -0.15) is 0 Å². The molecule has 0 bridgehead atoms. The molecule has 128 valence electrons. The molecule has 0 heterocycles. The van der Waals surface area contributed by atoms with Crippen molar-refractivity contribution < 1.29 is 14.6 Å². The van der Waals surface area contributed by atoms with Gasteiger partial charge in [-0.1, -0.05) is 54.1 Å². The first kappa shape index (κ1) is 17.1.